The maximum atomic E-state index is 13.2. The summed E-state index contributed by atoms with van der Waals surface area (Å²) in [6.45, 7) is 1.42. The number of imidazole rings is 1. The second-order valence-electron chi connectivity index (χ2n) is 8.26. The predicted octanol–water partition coefficient (Wildman–Crippen LogP) is 5.62. The van der Waals surface area contributed by atoms with Gasteiger partial charge in [0.05, 0.1) is 26.9 Å². The highest BCUT2D eigenvalue weighted by molar-refractivity contribution is 6.42. The molecule has 7 nitrogen and oxygen atoms in total. The topological polar surface area (TPSA) is 97.5 Å². The molecule has 0 fully saturated rings. The summed E-state index contributed by atoms with van der Waals surface area (Å²) in [6.07, 6.45) is 5.70. The largest absolute Gasteiger partial charge is 0.348 e. The Balaban J connectivity index is 0.00000289. The number of rotatable bonds is 6. The van der Waals surface area contributed by atoms with Crippen LogP contribution in [0.15, 0.2) is 53.6 Å². The van der Waals surface area contributed by atoms with Crippen molar-refractivity contribution in [2.24, 2.45) is 12.8 Å². The van der Waals surface area contributed by atoms with Crippen LogP contribution in [0, 0.1) is 11.3 Å². The summed E-state index contributed by atoms with van der Waals surface area (Å²) in [5.74, 6) is 0. The Kier molecular flexibility index (Phi) is 7.02. The van der Waals surface area contributed by atoms with E-state index in [2.05, 4.69) is 15.6 Å². The first-order valence-corrected chi connectivity index (χ1v) is 11.7. The summed E-state index contributed by atoms with van der Waals surface area (Å²) < 4.78 is 5.60. The number of hydrogen-bond acceptors (Lipinski definition) is 3. The van der Waals surface area contributed by atoms with Gasteiger partial charge in [-0.2, -0.15) is 5.26 Å². The fourth-order valence-electron chi connectivity index (χ4n) is 4.58. The molecule has 0 atom stereocenters. The molecule has 3 heterocycles. The van der Waals surface area contributed by atoms with Gasteiger partial charge in [-0.3, -0.25) is 9.55 Å². The number of benzene rings is 2. The third kappa shape index (κ3) is 4.13. The number of hydrogen-bond donors (Lipinski definition) is 2. The minimum absolute atomic E-state index is 0. The van der Waals surface area contributed by atoms with Gasteiger partial charge in [0, 0.05) is 47.8 Å². The van der Waals surface area contributed by atoms with Crippen LogP contribution in [0.5, 0.6) is 0 Å². The Morgan fingerprint density at radius 2 is 1.80 bits per heavy atom. The molecular formula is C25H23Cl3N6O. The lowest BCUT2D eigenvalue weighted by molar-refractivity contribution is 0.631. The first-order chi connectivity index (χ1) is 16.4. The molecule has 0 amide bonds. The van der Waals surface area contributed by atoms with Crippen molar-refractivity contribution < 1.29 is 0 Å². The van der Waals surface area contributed by atoms with E-state index in [1.165, 1.54) is 0 Å². The van der Waals surface area contributed by atoms with Crippen molar-refractivity contribution in [3.8, 4) is 23.0 Å². The number of H-pyrrole nitrogens is 1. The minimum atomic E-state index is -0.398. The Morgan fingerprint density at radius 1 is 1.06 bits per heavy atom. The normalized spacial score (nSPS) is 11.2. The van der Waals surface area contributed by atoms with Crippen LogP contribution >= 0.6 is 35.6 Å². The van der Waals surface area contributed by atoms with Gasteiger partial charge in [-0.05, 0) is 37.6 Å². The number of aryl methyl sites for hydroxylation is 2. The summed E-state index contributed by atoms with van der Waals surface area (Å²) in [4.78, 5) is 16.0. The van der Waals surface area contributed by atoms with Crippen LogP contribution in [0.2, 0.25) is 10.0 Å². The average molecular weight is 530 g/mol. The molecule has 0 unspecified atom stereocenters. The van der Waals surface area contributed by atoms with E-state index in [9.17, 15) is 10.1 Å². The van der Waals surface area contributed by atoms with Gasteiger partial charge in [-0.25, -0.2) is 4.79 Å². The smallest absolute Gasteiger partial charge is 0.331 e. The Hall–Kier alpha value is -3.15. The summed E-state index contributed by atoms with van der Waals surface area (Å²) in [7, 11) is 1.88. The Morgan fingerprint density at radius 3 is 2.54 bits per heavy atom. The van der Waals surface area contributed by atoms with E-state index in [0.717, 1.165) is 46.8 Å². The van der Waals surface area contributed by atoms with Crippen molar-refractivity contribution in [2.45, 2.75) is 19.4 Å². The number of nitrogens with two attached hydrogens (primary N) is 1. The highest BCUT2D eigenvalue weighted by Crippen LogP contribution is 2.37. The molecule has 0 saturated carbocycles. The zero-order valence-electron chi connectivity index (χ0n) is 18.9. The highest BCUT2D eigenvalue weighted by Gasteiger charge is 2.24. The molecule has 0 radical (unpaired) electrons. The molecule has 3 N–H and O–H groups in total. The van der Waals surface area contributed by atoms with Crippen molar-refractivity contribution >= 4 is 57.4 Å². The minimum Gasteiger partial charge on any atom is -0.348 e. The van der Waals surface area contributed by atoms with Crippen LogP contribution in [0.4, 0.5) is 0 Å². The standard InChI is InChI=1S/C25H22Cl2N6O.ClH/c1-31-14-23(16-10-18(26)19(27)11-22(16)31)33-24(20(12-29)30-25(33)34)17-13-32(9-5-4-8-28)21-7-3-2-6-15(17)21;/h2-3,6-7,10-11,13-14H,4-5,8-9,28H2,1H3,(H,30,34);1H. The lowest BCUT2D eigenvalue weighted by atomic mass is 10.1. The first-order valence-electron chi connectivity index (χ1n) is 10.9. The van der Waals surface area contributed by atoms with E-state index in [1.807, 2.05) is 48.3 Å². The van der Waals surface area contributed by atoms with Crippen LogP contribution in [-0.4, -0.2) is 25.2 Å². The fraction of sp³-hybridized carbons (Fsp3) is 0.200. The van der Waals surface area contributed by atoms with Crippen molar-refractivity contribution in [1.82, 2.24) is 18.7 Å². The van der Waals surface area contributed by atoms with Crippen molar-refractivity contribution in [3.05, 3.63) is 75.0 Å². The number of unbranched alkanes of at least 4 members (excludes halogenated alkanes) is 1. The maximum absolute atomic E-state index is 13.2. The molecule has 5 aromatic rings. The molecule has 0 aliphatic heterocycles. The molecule has 0 spiro atoms. The Bertz CT molecular complexity index is 1650. The molecule has 5 rings (SSSR count). The van der Waals surface area contributed by atoms with Crippen LogP contribution in [0.25, 0.3) is 38.8 Å². The van der Waals surface area contributed by atoms with Crippen LogP contribution < -0.4 is 11.4 Å². The number of nitrogens with zero attached hydrogens (tertiary/aromatic N) is 4. The highest BCUT2D eigenvalue weighted by atomic mass is 35.5. The van der Waals surface area contributed by atoms with Gasteiger partial charge in [0.2, 0.25) is 0 Å². The SMILES string of the molecule is Cl.Cn1cc(-n2c(-c3cn(CCCCN)c4ccccc34)c(C#N)[nH]c2=O)c2cc(Cl)c(Cl)cc21. The third-order valence-corrected chi connectivity index (χ3v) is 6.88. The summed E-state index contributed by atoms with van der Waals surface area (Å²) >= 11 is 12.6. The van der Waals surface area contributed by atoms with Crippen molar-refractivity contribution in [3.63, 3.8) is 0 Å². The molecule has 180 valence electrons. The summed E-state index contributed by atoms with van der Waals surface area (Å²) in [5, 5.41) is 12.5. The number of nitrogens with one attached hydrogen (secondary N) is 1. The Labute approximate surface area is 217 Å². The van der Waals surface area contributed by atoms with Crippen molar-refractivity contribution in [1.29, 1.82) is 5.26 Å². The first kappa shape index (κ1) is 25.0. The van der Waals surface area contributed by atoms with E-state index < -0.39 is 5.69 Å². The molecular weight excluding hydrogens is 507 g/mol. The van der Waals surface area contributed by atoms with Crippen LogP contribution in [0.3, 0.4) is 0 Å². The monoisotopic (exact) mass is 528 g/mol. The van der Waals surface area contributed by atoms with Gasteiger partial charge in [0.15, 0.2) is 0 Å². The summed E-state index contributed by atoms with van der Waals surface area (Å²) in [5.41, 5.74) is 9.28. The number of fused-ring (bicyclic) bond motifs is 2. The van der Waals surface area contributed by atoms with Crippen molar-refractivity contribution in [2.75, 3.05) is 6.54 Å². The van der Waals surface area contributed by atoms with Gasteiger partial charge in [-0.15, -0.1) is 12.4 Å². The van der Waals surface area contributed by atoms with E-state index in [4.69, 9.17) is 28.9 Å². The predicted molar refractivity (Wildman–Crippen MR) is 144 cm³/mol. The van der Waals surface area contributed by atoms with Crippen LogP contribution in [-0.2, 0) is 13.6 Å². The molecule has 10 heteroatoms. The second-order valence-corrected chi connectivity index (χ2v) is 9.07. The van der Waals surface area contributed by atoms with E-state index in [1.54, 1.807) is 16.7 Å². The van der Waals surface area contributed by atoms with Crippen LogP contribution in [0.1, 0.15) is 18.5 Å². The number of nitriles is 1. The fourth-order valence-corrected chi connectivity index (χ4v) is 4.90. The van der Waals surface area contributed by atoms with Gasteiger partial charge in [0.25, 0.3) is 0 Å². The molecule has 35 heavy (non-hydrogen) atoms. The lowest BCUT2D eigenvalue weighted by Gasteiger charge is -2.07. The van der Waals surface area contributed by atoms with Gasteiger partial charge in [-0.1, -0.05) is 41.4 Å². The zero-order chi connectivity index (χ0) is 24.0. The quantitative estimate of drug-likeness (QED) is 0.279. The molecule has 0 saturated heterocycles. The lowest BCUT2D eigenvalue weighted by Crippen LogP contribution is -2.15. The molecule has 0 aliphatic carbocycles. The van der Waals surface area contributed by atoms with E-state index in [-0.39, 0.29) is 18.1 Å². The van der Waals surface area contributed by atoms with Gasteiger partial charge < -0.3 is 14.9 Å². The number of aromatic amines is 1. The molecule has 2 aromatic carbocycles. The molecule has 0 aliphatic rings. The van der Waals surface area contributed by atoms with E-state index >= 15 is 0 Å². The number of para-hydroxylation sites is 1. The number of halogens is 3. The van der Waals surface area contributed by atoms with Gasteiger partial charge >= 0.3 is 5.69 Å². The average Bonchev–Trinajstić information content (AvgIpc) is 3.45. The maximum Gasteiger partial charge on any atom is 0.331 e. The zero-order valence-corrected chi connectivity index (χ0v) is 21.2. The molecule has 3 aromatic heterocycles. The van der Waals surface area contributed by atoms with Gasteiger partial charge in [0.1, 0.15) is 11.8 Å². The second kappa shape index (κ2) is 9.84. The summed E-state index contributed by atoms with van der Waals surface area (Å²) in [6, 6.07) is 13.7. The number of aromatic nitrogens is 4. The van der Waals surface area contributed by atoms with E-state index in [0.29, 0.717) is 28.0 Å². The molecule has 0 bridgehead atoms. The third-order valence-electron chi connectivity index (χ3n) is 6.16.